The zero-order valence-corrected chi connectivity index (χ0v) is 10.3. The fourth-order valence-electron chi connectivity index (χ4n) is 1.77. The van der Waals surface area contributed by atoms with Gasteiger partial charge >= 0.3 is 0 Å². The summed E-state index contributed by atoms with van der Waals surface area (Å²) in [6.45, 7) is 2.54. The number of hydrogen-bond donors (Lipinski definition) is 1. The minimum absolute atomic E-state index is 0.0234. The first-order valence-corrected chi connectivity index (χ1v) is 5.94. The van der Waals surface area contributed by atoms with E-state index in [1.165, 1.54) is 0 Å². The molecule has 1 fully saturated rings. The molecule has 1 aromatic rings. The minimum Gasteiger partial charge on any atom is -0.378 e. The van der Waals surface area contributed by atoms with Crippen molar-refractivity contribution < 1.29 is 9.53 Å². The van der Waals surface area contributed by atoms with E-state index in [0.717, 1.165) is 25.1 Å². The Labute approximate surface area is 105 Å². The molecule has 0 aromatic carbocycles. The van der Waals surface area contributed by atoms with Crippen LogP contribution in [-0.4, -0.2) is 28.6 Å². The van der Waals surface area contributed by atoms with E-state index in [0.29, 0.717) is 11.6 Å². The van der Waals surface area contributed by atoms with Crippen LogP contribution in [0.2, 0.25) is 5.15 Å². The second kappa shape index (κ2) is 5.42. The third-order valence-electron chi connectivity index (χ3n) is 2.51. The van der Waals surface area contributed by atoms with Gasteiger partial charge in [0.15, 0.2) is 0 Å². The van der Waals surface area contributed by atoms with Crippen molar-refractivity contribution in [1.29, 1.82) is 0 Å². The van der Waals surface area contributed by atoms with Crippen LogP contribution in [0, 0.1) is 6.92 Å². The lowest BCUT2D eigenvalue weighted by Crippen LogP contribution is -2.20. The summed E-state index contributed by atoms with van der Waals surface area (Å²) in [5, 5.41) is 2.95. The second-order valence-electron chi connectivity index (χ2n) is 4.04. The Morgan fingerprint density at radius 2 is 2.47 bits per heavy atom. The van der Waals surface area contributed by atoms with Crippen molar-refractivity contribution in [2.24, 2.45) is 0 Å². The third kappa shape index (κ3) is 3.64. The van der Waals surface area contributed by atoms with E-state index >= 15 is 0 Å². The molecule has 0 bridgehead atoms. The topological polar surface area (TPSA) is 64.1 Å². The van der Waals surface area contributed by atoms with Crippen LogP contribution >= 0.6 is 11.6 Å². The molecule has 1 aromatic heterocycles. The Hall–Kier alpha value is -1.20. The van der Waals surface area contributed by atoms with Crippen LogP contribution in [0.5, 0.6) is 0 Å². The third-order valence-corrected chi connectivity index (χ3v) is 2.70. The molecule has 1 N–H and O–H groups in total. The van der Waals surface area contributed by atoms with Crippen molar-refractivity contribution in [1.82, 2.24) is 9.97 Å². The highest BCUT2D eigenvalue weighted by Gasteiger charge is 2.19. The van der Waals surface area contributed by atoms with Crippen LogP contribution in [0.3, 0.4) is 0 Å². The van der Waals surface area contributed by atoms with Gasteiger partial charge in [-0.25, -0.2) is 9.97 Å². The van der Waals surface area contributed by atoms with Crippen molar-refractivity contribution >= 4 is 23.5 Å². The lowest BCUT2D eigenvalue weighted by atomic mass is 10.2. The van der Waals surface area contributed by atoms with E-state index in [-0.39, 0.29) is 18.0 Å². The summed E-state index contributed by atoms with van der Waals surface area (Å²) < 4.78 is 5.38. The van der Waals surface area contributed by atoms with Gasteiger partial charge in [0.25, 0.3) is 0 Å². The number of anilines is 1. The van der Waals surface area contributed by atoms with Crippen LogP contribution in [0.4, 0.5) is 5.95 Å². The fourth-order valence-corrected chi connectivity index (χ4v) is 2.01. The summed E-state index contributed by atoms with van der Waals surface area (Å²) in [7, 11) is 0. The van der Waals surface area contributed by atoms with E-state index in [4.69, 9.17) is 16.3 Å². The average molecular weight is 256 g/mol. The SMILES string of the molecule is Cc1cc(Cl)nc(NC(=O)CC2CCCO2)n1. The maximum atomic E-state index is 11.7. The van der Waals surface area contributed by atoms with Crippen LogP contribution in [0.1, 0.15) is 25.0 Å². The molecule has 5 nitrogen and oxygen atoms in total. The lowest BCUT2D eigenvalue weighted by molar-refractivity contribution is -0.118. The van der Waals surface area contributed by atoms with Crippen LogP contribution in [-0.2, 0) is 9.53 Å². The molecule has 17 heavy (non-hydrogen) atoms. The molecule has 0 spiro atoms. The summed E-state index contributed by atoms with van der Waals surface area (Å²) in [6, 6.07) is 1.64. The molecule has 1 amide bonds. The monoisotopic (exact) mass is 255 g/mol. The number of amides is 1. The number of carbonyl (C=O) groups excluding carboxylic acids is 1. The van der Waals surface area contributed by atoms with Gasteiger partial charge in [0.1, 0.15) is 5.15 Å². The van der Waals surface area contributed by atoms with Crippen molar-refractivity contribution in [3.8, 4) is 0 Å². The normalized spacial score (nSPS) is 19.3. The predicted octanol–water partition coefficient (Wildman–Crippen LogP) is 1.95. The first kappa shape index (κ1) is 12.3. The Kier molecular flexibility index (Phi) is 3.91. The molecule has 0 aliphatic carbocycles. The van der Waals surface area contributed by atoms with Crippen LogP contribution in [0.15, 0.2) is 6.07 Å². The Morgan fingerprint density at radius 3 is 3.12 bits per heavy atom. The van der Waals surface area contributed by atoms with E-state index in [2.05, 4.69) is 15.3 Å². The highest BCUT2D eigenvalue weighted by Crippen LogP contribution is 2.16. The average Bonchev–Trinajstić information content (AvgIpc) is 2.67. The van der Waals surface area contributed by atoms with Gasteiger partial charge in [0.05, 0.1) is 12.5 Å². The molecular formula is C11H14ClN3O2. The summed E-state index contributed by atoms with van der Waals surface area (Å²) in [6.07, 6.45) is 2.32. The molecule has 0 radical (unpaired) electrons. The van der Waals surface area contributed by atoms with Gasteiger partial charge in [-0.1, -0.05) is 11.6 Å². The fraction of sp³-hybridized carbons (Fsp3) is 0.545. The highest BCUT2D eigenvalue weighted by atomic mass is 35.5. The summed E-state index contributed by atoms with van der Waals surface area (Å²) in [5.41, 5.74) is 0.720. The maximum absolute atomic E-state index is 11.7. The molecule has 1 aliphatic heterocycles. The van der Waals surface area contributed by atoms with Crippen LogP contribution in [0.25, 0.3) is 0 Å². The molecule has 1 unspecified atom stereocenters. The number of rotatable bonds is 3. The van der Waals surface area contributed by atoms with E-state index in [1.807, 2.05) is 0 Å². The van der Waals surface area contributed by atoms with Gasteiger partial charge < -0.3 is 4.74 Å². The summed E-state index contributed by atoms with van der Waals surface area (Å²) in [5.74, 6) is 0.108. The number of hydrogen-bond acceptors (Lipinski definition) is 4. The molecule has 1 saturated heterocycles. The molecule has 0 saturated carbocycles. The van der Waals surface area contributed by atoms with Gasteiger partial charge in [0, 0.05) is 12.3 Å². The molecule has 2 heterocycles. The smallest absolute Gasteiger partial charge is 0.231 e. The number of carbonyl (C=O) groups is 1. The van der Waals surface area contributed by atoms with E-state index in [9.17, 15) is 4.79 Å². The van der Waals surface area contributed by atoms with Crippen LogP contribution < -0.4 is 5.32 Å². The van der Waals surface area contributed by atoms with Gasteiger partial charge in [-0.15, -0.1) is 0 Å². The largest absolute Gasteiger partial charge is 0.378 e. The molecule has 2 rings (SSSR count). The minimum atomic E-state index is -0.140. The number of aryl methyl sites for hydroxylation is 1. The maximum Gasteiger partial charge on any atom is 0.231 e. The first-order chi connectivity index (χ1) is 8.13. The van der Waals surface area contributed by atoms with Crippen molar-refractivity contribution in [3.63, 3.8) is 0 Å². The van der Waals surface area contributed by atoms with Crippen molar-refractivity contribution in [3.05, 3.63) is 16.9 Å². The first-order valence-electron chi connectivity index (χ1n) is 5.56. The molecule has 92 valence electrons. The molecular weight excluding hydrogens is 242 g/mol. The van der Waals surface area contributed by atoms with Crippen molar-refractivity contribution in [2.45, 2.75) is 32.3 Å². The number of aromatic nitrogens is 2. The Bertz CT molecular complexity index is 399. The lowest BCUT2D eigenvalue weighted by Gasteiger charge is -2.09. The number of nitrogens with one attached hydrogen (secondary N) is 1. The standard InChI is InChI=1S/C11H14ClN3O2/c1-7-5-9(12)14-11(13-7)15-10(16)6-8-3-2-4-17-8/h5,8H,2-4,6H2,1H3,(H,13,14,15,16). The quantitative estimate of drug-likeness (QED) is 0.839. The second-order valence-corrected chi connectivity index (χ2v) is 4.43. The molecule has 1 aliphatic rings. The van der Waals surface area contributed by atoms with E-state index < -0.39 is 0 Å². The van der Waals surface area contributed by atoms with Crippen molar-refractivity contribution in [2.75, 3.05) is 11.9 Å². The van der Waals surface area contributed by atoms with Gasteiger partial charge in [0.2, 0.25) is 11.9 Å². The van der Waals surface area contributed by atoms with Gasteiger partial charge in [-0.05, 0) is 25.8 Å². The van der Waals surface area contributed by atoms with Gasteiger partial charge in [-0.3, -0.25) is 10.1 Å². The zero-order chi connectivity index (χ0) is 12.3. The zero-order valence-electron chi connectivity index (χ0n) is 9.57. The summed E-state index contributed by atoms with van der Waals surface area (Å²) in [4.78, 5) is 19.7. The number of halogens is 1. The number of nitrogens with zero attached hydrogens (tertiary/aromatic N) is 2. The Balaban J connectivity index is 1.92. The molecule has 6 heteroatoms. The van der Waals surface area contributed by atoms with Gasteiger partial charge in [-0.2, -0.15) is 0 Å². The Morgan fingerprint density at radius 1 is 1.65 bits per heavy atom. The summed E-state index contributed by atoms with van der Waals surface area (Å²) >= 11 is 5.78. The van der Waals surface area contributed by atoms with E-state index in [1.54, 1.807) is 13.0 Å². The predicted molar refractivity (Wildman–Crippen MR) is 64.0 cm³/mol. The number of ether oxygens (including phenoxy) is 1. The highest BCUT2D eigenvalue weighted by molar-refractivity contribution is 6.29. The molecule has 1 atom stereocenters.